The van der Waals surface area contributed by atoms with Crippen molar-refractivity contribution >= 4 is 33.2 Å². The lowest BCUT2D eigenvalue weighted by atomic mass is 9.96. The molecule has 1 aliphatic rings. The zero-order chi connectivity index (χ0) is 19.9. The summed E-state index contributed by atoms with van der Waals surface area (Å²) in [5.74, 6) is 0.0110. The van der Waals surface area contributed by atoms with Gasteiger partial charge in [0.2, 0.25) is 15.9 Å². The topological polar surface area (TPSA) is 66.5 Å². The van der Waals surface area contributed by atoms with Gasteiger partial charge in [-0.25, -0.2) is 8.42 Å². The predicted octanol–water partition coefficient (Wildman–Crippen LogP) is 4.42. The van der Waals surface area contributed by atoms with Gasteiger partial charge in [0, 0.05) is 24.0 Å². The van der Waals surface area contributed by atoms with Crippen molar-refractivity contribution in [2.24, 2.45) is 0 Å². The number of carbonyl (C=O) groups is 1. The van der Waals surface area contributed by atoms with Crippen LogP contribution < -0.4 is 9.62 Å². The van der Waals surface area contributed by atoms with Crippen molar-refractivity contribution in [1.82, 2.24) is 5.32 Å². The molecule has 0 aromatic heterocycles. The summed E-state index contributed by atoms with van der Waals surface area (Å²) in [7, 11) is -3.45. The van der Waals surface area contributed by atoms with E-state index in [0.717, 1.165) is 18.4 Å². The second kappa shape index (κ2) is 10.3. The summed E-state index contributed by atoms with van der Waals surface area (Å²) in [6, 6.07) is 5.46. The van der Waals surface area contributed by atoms with Gasteiger partial charge in [0.1, 0.15) is 0 Å². The van der Waals surface area contributed by atoms with Crippen molar-refractivity contribution < 1.29 is 13.2 Å². The predicted molar refractivity (Wildman–Crippen MR) is 112 cm³/mol. The van der Waals surface area contributed by atoms with Crippen LogP contribution in [0.25, 0.3) is 0 Å². The molecule has 1 fully saturated rings. The molecule has 27 heavy (non-hydrogen) atoms. The maximum Gasteiger partial charge on any atom is 0.232 e. The molecule has 0 saturated heterocycles. The molecule has 5 nitrogen and oxygen atoms in total. The average Bonchev–Trinajstić information content (AvgIpc) is 2.55. The Hall–Kier alpha value is -1.27. The Labute approximate surface area is 168 Å². The summed E-state index contributed by atoms with van der Waals surface area (Å²) in [5.41, 5.74) is 1.41. The normalized spacial score (nSPS) is 16.4. The molecule has 0 bridgehead atoms. The van der Waals surface area contributed by atoms with E-state index < -0.39 is 10.0 Å². The minimum atomic E-state index is -3.45. The number of nitrogens with zero attached hydrogens (tertiary/aromatic N) is 1. The third-order valence-electron chi connectivity index (χ3n) is 5.08. The number of aryl methyl sites for hydroxylation is 1. The molecule has 1 saturated carbocycles. The van der Waals surface area contributed by atoms with Gasteiger partial charge in [-0.05, 0) is 43.9 Å². The Bertz CT molecular complexity index is 729. The first-order chi connectivity index (χ1) is 12.8. The summed E-state index contributed by atoms with van der Waals surface area (Å²) in [6.45, 7) is 2.11. The largest absolute Gasteiger partial charge is 0.353 e. The summed E-state index contributed by atoms with van der Waals surface area (Å²) in [5, 5.41) is 3.62. The molecule has 0 unspecified atom stereocenters. The van der Waals surface area contributed by atoms with Crippen LogP contribution in [0.1, 0.15) is 63.4 Å². The summed E-state index contributed by atoms with van der Waals surface area (Å²) >= 11 is 6.04. The second-order valence-corrected chi connectivity index (χ2v) is 9.82. The third kappa shape index (κ3) is 7.34. The zero-order valence-corrected chi connectivity index (χ0v) is 17.9. The molecule has 0 radical (unpaired) electrons. The van der Waals surface area contributed by atoms with Crippen molar-refractivity contribution in [1.29, 1.82) is 0 Å². The standard InChI is InChI=1S/C20H31ClN2O3S/c1-16-12-13-17(21)15-19(16)23(27(2,25)26)14-8-11-20(24)22-18-9-6-4-3-5-7-10-18/h12-13,15,18H,3-11,14H2,1-2H3,(H,22,24). The Morgan fingerprint density at radius 2 is 1.81 bits per heavy atom. The van der Waals surface area contributed by atoms with Crippen LogP contribution >= 0.6 is 11.6 Å². The molecule has 1 aromatic rings. The van der Waals surface area contributed by atoms with Gasteiger partial charge in [0.15, 0.2) is 0 Å². The van der Waals surface area contributed by atoms with E-state index in [-0.39, 0.29) is 18.5 Å². The number of anilines is 1. The minimum absolute atomic E-state index is 0.0110. The number of hydrogen-bond acceptors (Lipinski definition) is 3. The van der Waals surface area contributed by atoms with E-state index in [9.17, 15) is 13.2 Å². The Balaban J connectivity index is 1.91. The van der Waals surface area contributed by atoms with E-state index >= 15 is 0 Å². The Kier molecular flexibility index (Phi) is 8.42. The molecule has 1 aliphatic carbocycles. The molecule has 0 aliphatic heterocycles. The number of amides is 1. The van der Waals surface area contributed by atoms with E-state index in [1.807, 2.05) is 6.92 Å². The smallest absolute Gasteiger partial charge is 0.232 e. The molecule has 1 N–H and O–H groups in total. The number of nitrogens with one attached hydrogen (secondary N) is 1. The number of halogens is 1. The number of benzene rings is 1. The maximum absolute atomic E-state index is 12.3. The van der Waals surface area contributed by atoms with E-state index in [4.69, 9.17) is 11.6 Å². The van der Waals surface area contributed by atoms with E-state index in [0.29, 0.717) is 23.6 Å². The average molecular weight is 415 g/mol. The summed E-state index contributed by atoms with van der Waals surface area (Å²) in [4.78, 5) is 12.3. The molecule has 0 atom stereocenters. The summed E-state index contributed by atoms with van der Waals surface area (Å²) < 4.78 is 25.8. The van der Waals surface area contributed by atoms with Crippen LogP contribution in [-0.2, 0) is 14.8 Å². The molecule has 0 heterocycles. The number of hydrogen-bond donors (Lipinski definition) is 1. The SMILES string of the molecule is Cc1ccc(Cl)cc1N(CCCC(=O)NC1CCCCCCC1)S(C)(=O)=O. The molecule has 1 aromatic carbocycles. The first kappa shape index (κ1) is 22.0. The molecule has 2 rings (SSSR count). The highest BCUT2D eigenvalue weighted by Crippen LogP contribution is 2.26. The van der Waals surface area contributed by atoms with Gasteiger partial charge in [0.05, 0.1) is 11.9 Å². The van der Waals surface area contributed by atoms with Crippen LogP contribution in [0.4, 0.5) is 5.69 Å². The minimum Gasteiger partial charge on any atom is -0.353 e. The van der Waals surface area contributed by atoms with Crippen molar-refractivity contribution in [2.75, 3.05) is 17.1 Å². The van der Waals surface area contributed by atoms with Crippen LogP contribution in [0.15, 0.2) is 18.2 Å². The number of rotatable bonds is 7. The van der Waals surface area contributed by atoms with Gasteiger partial charge in [-0.1, -0.05) is 49.8 Å². The van der Waals surface area contributed by atoms with Crippen molar-refractivity contribution in [2.45, 2.75) is 70.8 Å². The monoisotopic (exact) mass is 414 g/mol. The zero-order valence-electron chi connectivity index (χ0n) is 16.3. The molecule has 152 valence electrons. The molecular weight excluding hydrogens is 384 g/mol. The lowest BCUT2D eigenvalue weighted by molar-refractivity contribution is -0.122. The Morgan fingerprint density at radius 1 is 1.19 bits per heavy atom. The van der Waals surface area contributed by atoms with Crippen LogP contribution in [0.5, 0.6) is 0 Å². The first-order valence-electron chi connectivity index (χ1n) is 9.80. The van der Waals surface area contributed by atoms with Gasteiger partial charge >= 0.3 is 0 Å². The lowest BCUT2D eigenvalue weighted by Crippen LogP contribution is -2.36. The van der Waals surface area contributed by atoms with Crippen molar-refractivity contribution in [3.63, 3.8) is 0 Å². The van der Waals surface area contributed by atoms with E-state index in [2.05, 4.69) is 5.32 Å². The van der Waals surface area contributed by atoms with E-state index in [1.54, 1.807) is 18.2 Å². The highest BCUT2D eigenvalue weighted by molar-refractivity contribution is 7.92. The van der Waals surface area contributed by atoms with Crippen molar-refractivity contribution in [3.8, 4) is 0 Å². The highest BCUT2D eigenvalue weighted by atomic mass is 35.5. The molecule has 0 spiro atoms. The first-order valence-corrected chi connectivity index (χ1v) is 12.0. The quantitative estimate of drug-likeness (QED) is 0.717. The fourth-order valence-corrected chi connectivity index (χ4v) is 4.78. The fraction of sp³-hybridized carbons (Fsp3) is 0.650. The Morgan fingerprint density at radius 3 is 2.44 bits per heavy atom. The number of sulfonamides is 1. The van der Waals surface area contributed by atoms with Gasteiger partial charge in [-0.2, -0.15) is 0 Å². The van der Waals surface area contributed by atoms with Crippen LogP contribution in [0, 0.1) is 6.92 Å². The lowest BCUT2D eigenvalue weighted by Gasteiger charge is -2.25. The fourth-order valence-electron chi connectivity index (χ4n) is 3.60. The van der Waals surface area contributed by atoms with E-state index in [1.165, 1.54) is 42.7 Å². The second-order valence-electron chi connectivity index (χ2n) is 7.48. The van der Waals surface area contributed by atoms with Gasteiger partial charge in [0.25, 0.3) is 0 Å². The van der Waals surface area contributed by atoms with Crippen LogP contribution in [0.3, 0.4) is 0 Å². The van der Waals surface area contributed by atoms with Crippen molar-refractivity contribution in [3.05, 3.63) is 28.8 Å². The molecular formula is C20H31ClN2O3S. The van der Waals surface area contributed by atoms with Gasteiger partial charge in [-0.3, -0.25) is 9.10 Å². The maximum atomic E-state index is 12.3. The van der Waals surface area contributed by atoms with Gasteiger partial charge < -0.3 is 5.32 Å². The third-order valence-corrected chi connectivity index (χ3v) is 6.49. The summed E-state index contributed by atoms with van der Waals surface area (Å²) in [6.07, 6.45) is 10.2. The molecule has 1 amide bonds. The van der Waals surface area contributed by atoms with Crippen LogP contribution in [0.2, 0.25) is 5.02 Å². The highest BCUT2D eigenvalue weighted by Gasteiger charge is 2.20. The van der Waals surface area contributed by atoms with Gasteiger partial charge in [-0.15, -0.1) is 0 Å². The number of carbonyl (C=O) groups excluding carboxylic acids is 1. The molecule has 7 heteroatoms. The van der Waals surface area contributed by atoms with Crippen LogP contribution in [-0.4, -0.2) is 33.2 Å².